The number of thiocarbonyl (C=S) groups is 1. The SMILES string of the molecule is S=C(Nc1cccc(Br)c1)N[C@@H]1CCN(Cc2ccccc2)C1. The van der Waals surface area contributed by atoms with Crippen LogP contribution in [0.1, 0.15) is 12.0 Å². The maximum absolute atomic E-state index is 5.43. The van der Waals surface area contributed by atoms with Crippen molar-refractivity contribution in [3.8, 4) is 0 Å². The van der Waals surface area contributed by atoms with Gasteiger partial charge in [0.05, 0.1) is 0 Å². The van der Waals surface area contributed by atoms with Crippen molar-refractivity contribution < 1.29 is 0 Å². The molecule has 1 atom stereocenters. The zero-order valence-electron chi connectivity index (χ0n) is 12.8. The summed E-state index contributed by atoms with van der Waals surface area (Å²) < 4.78 is 1.04. The second-order valence-corrected chi connectivity index (χ2v) is 7.14. The first-order chi connectivity index (χ1) is 11.2. The zero-order chi connectivity index (χ0) is 16.1. The van der Waals surface area contributed by atoms with E-state index in [2.05, 4.69) is 61.8 Å². The second-order valence-electron chi connectivity index (χ2n) is 5.82. The largest absolute Gasteiger partial charge is 0.358 e. The van der Waals surface area contributed by atoms with E-state index in [1.54, 1.807) is 0 Å². The molecular weight excluding hydrogens is 370 g/mol. The van der Waals surface area contributed by atoms with Crippen molar-refractivity contribution in [2.75, 3.05) is 18.4 Å². The van der Waals surface area contributed by atoms with E-state index in [0.29, 0.717) is 11.2 Å². The van der Waals surface area contributed by atoms with Gasteiger partial charge in [-0.05, 0) is 42.4 Å². The van der Waals surface area contributed by atoms with E-state index >= 15 is 0 Å². The average Bonchev–Trinajstić information content (AvgIpc) is 2.95. The van der Waals surface area contributed by atoms with Gasteiger partial charge in [0.15, 0.2) is 5.11 Å². The maximum atomic E-state index is 5.43. The summed E-state index contributed by atoms with van der Waals surface area (Å²) in [5.74, 6) is 0. The van der Waals surface area contributed by atoms with Crippen molar-refractivity contribution in [1.82, 2.24) is 10.2 Å². The average molecular weight is 390 g/mol. The molecule has 2 N–H and O–H groups in total. The van der Waals surface area contributed by atoms with Gasteiger partial charge in [0.2, 0.25) is 0 Å². The number of halogens is 1. The van der Waals surface area contributed by atoms with Gasteiger partial charge in [-0.15, -0.1) is 0 Å². The number of rotatable bonds is 4. The highest BCUT2D eigenvalue weighted by Crippen LogP contribution is 2.16. The summed E-state index contributed by atoms with van der Waals surface area (Å²) in [7, 11) is 0. The molecule has 0 unspecified atom stereocenters. The smallest absolute Gasteiger partial charge is 0.171 e. The molecule has 3 nitrogen and oxygen atoms in total. The van der Waals surface area contributed by atoms with Crippen LogP contribution in [0.5, 0.6) is 0 Å². The molecule has 0 aliphatic carbocycles. The van der Waals surface area contributed by atoms with Crippen LogP contribution in [0, 0.1) is 0 Å². The Bertz CT molecular complexity index is 662. The highest BCUT2D eigenvalue weighted by molar-refractivity contribution is 9.10. The first-order valence-corrected chi connectivity index (χ1v) is 8.98. The molecule has 0 radical (unpaired) electrons. The van der Waals surface area contributed by atoms with Gasteiger partial charge < -0.3 is 10.6 Å². The molecule has 1 saturated heterocycles. The lowest BCUT2D eigenvalue weighted by Crippen LogP contribution is -2.39. The van der Waals surface area contributed by atoms with E-state index in [1.165, 1.54) is 5.56 Å². The molecule has 2 aromatic carbocycles. The fourth-order valence-corrected chi connectivity index (χ4v) is 3.54. The van der Waals surface area contributed by atoms with Gasteiger partial charge in [-0.3, -0.25) is 4.90 Å². The number of nitrogens with zero attached hydrogens (tertiary/aromatic N) is 1. The monoisotopic (exact) mass is 389 g/mol. The van der Waals surface area contributed by atoms with E-state index < -0.39 is 0 Å². The van der Waals surface area contributed by atoms with Crippen LogP contribution < -0.4 is 10.6 Å². The van der Waals surface area contributed by atoms with Crippen LogP contribution in [0.25, 0.3) is 0 Å². The summed E-state index contributed by atoms with van der Waals surface area (Å²) in [6, 6.07) is 19.0. The maximum Gasteiger partial charge on any atom is 0.171 e. The predicted molar refractivity (Wildman–Crippen MR) is 104 cm³/mol. The molecule has 1 aliphatic rings. The van der Waals surface area contributed by atoms with Gasteiger partial charge in [-0.2, -0.15) is 0 Å². The summed E-state index contributed by atoms with van der Waals surface area (Å²) in [5.41, 5.74) is 2.36. The number of anilines is 1. The summed E-state index contributed by atoms with van der Waals surface area (Å²) in [6.07, 6.45) is 1.12. The number of likely N-dealkylation sites (tertiary alicyclic amines) is 1. The Hall–Kier alpha value is -1.43. The Kier molecular flexibility index (Phi) is 5.65. The van der Waals surface area contributed by atoms with E-state index in [-0.39, 0.29) is 0 Å². The molecule has 1 aliphatic heterocycles. The number of hydrogen-bond donors (Lipinski definition) is 2. The van der Waals surface area contributed by atoms with Crippen LogP contribution in [0.2, 0.25) is 0 Å². The van der Waals surface area contributed by atoms with Gasteiger partial charge in [-0.25, -0.2) is 0 Å². The number of benzene rings is 2. The molecule has 120 valence electrons. The highest BCUT2D eigenvalue weighted by atomic mass is 79.9. The van der Waals surface area contributed by atoms with Crippen LogP contribution in [-0.4, -0.2) is 29.1 Å². The normalized spacial score (nSPS) is 17.9. The lowest BCUT2D eigenvalue weighted by atomic mass is 10.2. The summed E-state index contributed by atoms with van der Waals surface area (Å²) >= 11 is 8.90. The lowest BCUT2D eigenvalue weighted by molar-refractivity contribution is 0.324. The molecule has 0 spiro atoms. The Balaban J connectivity index is 1.47. The van der Waals surface area contributed by atoms with Crippen LogP contribution in [-0.2, 0) is 6.54 Å². The Morgan fingerprint density at radius 2 is 2.00 bits per heavy atom. The standard InChI is InChI=1S/C18H20BrN3S/c19-15-7-4-8-16(11-15)20-18(23)21-17-9-10-22(13-17)12-14-5-2-1-3-6-14/h1-8,11,17H,9-10,12-13H2,(H2,20,21,23)/t17-/m1/s1. The molecule has 1 heterocycles. The molecular formula is C18H20BrN3S. The lowest BCUT2D eigenvalue weighted by Gasteiger charge is -2.18. The Morgan fingerprint density at radius 1 is 1.17 bits per heavy atom. The quantitative estimate of drug-likeness (QED) is 0.772. The number of nitrogens with one attached hydrogen (secondary N) is 2. The second kappa shape index (κ2) is 7.90. The summed E-state index contributed by atoms with van der Waals surface area (Å²) in [5, 5.41) is 7.36. The van der Waals surface area contributed by atoms with Crippen LogP contribution in [0.15, 0.2) is 59.1 Å². The topological polar surface area (TPSA) is 27.3 Å². The zero-order valence-corrected chi connectivity index (χ0v) is 15.2. The molecule has 5 heteroatoms. The van der Waals surface area contributed by atoms with Gasteiger partial charge in [0.1, 0.15) is 0 Å². The van der Waals surface area contributed by atoms with Crippen LogP contribution in [0.3, 0.4) is 0 Å². The fraction of sp³-hybridized carbons (Fsp3) is 0.278. The Morgan fingerprint density at radius 3 is 2.78 bits per heavy atom. The molecule has 23 heavy (non-hydrogen) atoms. The van der Waals surface area contributed by atoms with Crippen molar-refractivity contribution in [3.05, 3.63) is 64.6 Å². The highest BCUT2D eigenvalue weighted by Gasteiger charge is 2.22. The fourth-order valence-electron chi connectivity index (χ4n) is 2.85. The summed E-state index contributed by atoms with van der Waals surface area (Å²) in [6.45, 7) is 3.13. The van der Waals surface area contributed by atoms with Crippen molar-refractivity contribution in [2.45, 2.75) is 19.0 Å². The van der Waals surface area contributed by atoms with Gasteiger partial charge >= 0.3 is 0 Å². The molecule has 0 bridgehead atoms. The van der Waals surface area contributed by atoms with Crippen LogP contribution >= 0.6 is 28.1 Å². The summed E-state index contributed by atoms with van der Waals surface area (Å²) in [4.78, 5) is 2.47. The van der Waals surface area contributed by atoms with Crippen molar-refractivity contribution in [1.29, 1.82) is 0 Å². The van der Waals surface area contributed by atoms with Crippen molar-refractivity contribution >= 4 is 38.9 Å². The molecule has 0 amide bonds. The molecule has 0 saturated carbocycles. The van der Waals surface area contributed by atoms with Crippen molar-refractivity contribution in [2.24, 2.45) is 0 Å². The molecule has 3 rings (SSSR count). The minimum absolute atomic E-state index is 0.408. The third-order valence-corrected chi connectivity index (χ3v) is 4.65. The minimum Gasteiger partial charge on any atom is -0.358 e. The third kappa shape index (κ3) is 5.03. The van der Waals surface area contributed by atoms with Gasteiger partial charge in [-0.1, -0.05) is 52.3 Å². The minimum atomic E-state index is 0.408. The van der Waals surface area contributed by atoms with Gasteiger partial charge in [0, 0.05) is 35.8 Å². The van der Waals surface area contributed by atoms with Crippen molar-refractivity contribution in [3.63, 3.8) is 0 Å². The van der Waals surface area contributed by atoms with Gasteiger partial charge in [0.25, 0.3) is 0 Å². The van der Waals surface area contributed by atoms with E-state index in [4.69, 9.17) is 12.2 Å². The first-order valence-electron chi connectivity index (χ1n) is 7.78. The number of hydrogen-bond acceptors (Lipinski definition) is 2. The van der Waals surface area contributed by atoms with E-state index in [1.807, 2.05) is 24.3 Å². The van der Waals surface area contributed by atoms with Crippen LogP contribution in [0.4, 0.5) is 5.69 Å². The first kappa shape index (κ1) is 16.4. The molecule has 0 aromatic heterocycles. The predicted octanol–water partition coefficient (Wildman–Crippen LogP) is 4.01. The van der Waals surface area contributed by atoms with E-state index in [9.17, 15) is 0 Å². The third-order valence-electron chi connectivity index (χ3n) is 3.94. The molecule has 2 aromatic rings. The van der Waals surface area contributed by atoms with E-state index in [0.717, 1.165) is 36.2 Å². The molecule has 1 fully saturated rings. The Labute approximate surface area is 151 Å².